The first-order valence-corrected chi connectivity index (χ1v) is 6.22. The Labute approximate surface area is 105 Å². The topological polar surface area (TPSA) is 64.9 Å². The van der Waals surface area contributed by atoms with Gasteiger partial charge in [-0.3, -0.25) is 0 Å². The molecule has 0 saturated heterocycles. The molecule has 1 atom stereocenters. The maximum Gasteiger partial charge on any atom is 0.262 e. The molecule has 0 radical (unpaired) electrons. The van der Waals surface area contributed by atoms with Gasteiger partial charge in [0.25, 0.3) is 5.22 Å². The van der Waals surface area contributed by atoms with Gasteiger partial charge in [-0.15, -0.1) is 0 Å². The number of nitrogens with zero attached hydrogens (tertiary/aromatic N) is 2. The van der Waals surface area contributed by atoms with Gasteiger partial charge in [0.1, 0.15) is 10.8 Å². The Hall–Kier alpha value is -1.33. The maximum absolute atomic E-state index is 5.90. The molecule has 0 unspecified atom stereocenters. The molecular formula is C12H15N3OS. The van der Waals surface area contributed by atoms with Crippen molar-refractivity contribution in [3.8, 4) is 0 Å². The Bertz CT molecular complexity index is 503. The average Bonchev–Trinajstić information content (AvgIpc) is 2.58. The second-order valence-electron chi connectivity index (χ2n) is 3.91. The highest BCUT2D eigenvalue weighted by molar-refractivity contribution is 7.99. The highest BCUT2D eigenvalue weighted by atomic mass is 32.2. The lowest BCUT2D eigenvalue weighted by molar-refractivity contribution is 0.430. The molecule has 0 aliphatic rings. The molecule has 17 heavy (non-hydrogen) atoms. The fourth-order valence-electron chi connectivity index (χ4n) is 1.40. The summed E-state index contributed by atoms with van der Waals surface area (Å²) in [5, 5.41) is 1.46. The predicted molar refractivity (Wildman–Crippen MR) is 66.9 cm³/mol. The zero-order chi connectivity index (χ0) is 12.4. The van der Waals surface area contributed by atoms with E-state index in [-0.39, 0.29) is 6.04 Å². The summed E-state index contributed by atoms with van der Waals surface area (Å²) in [6, 6.07) is 3.81. The van der Waals surface area contributed by atoms with Crippen LogP contribution in [0.2, 0.25) is 0 Å². The molecule has 2 aromatic heterocycles. The van der Waals surface area contributed by atoms with E-state index in [1.165, 1.54) is 11.8 Å². The molecule has 0 spiro atoms. The monoisotopic (exact) mass is 249 g/mol. The van der Waals surface area contributed by atoms with E-state index in [1.807, 2.05) is 32.9 Å². The number of hydrogen-bond donors (Lipinski definition) is 1. The van der Waals surface area contributed by atoms with Gasteiger partial charge in [-0.25, -0.2) is 9.97 Å². The maximum atomic E-state index is 5.90. The van der Waals surface area contributed by atoms with Crippen LogP contribution in [0.25, 0.3) is 0 Å². The van der Waals surface area contributed by atoms with Crippen LogP contribution in [0.15, 0.2) is 33.0 Å². The Morgan fingerprint density at radius 1 is 1.41 bits per heavy atom. The summed E-state index contributed by atoms with van der Waals surface area (Å²) in [7, 11) is 0. The second kappa shape index (κ2) is 4.89. The number of oxazole rings is 1. The lowest BCUT2D eigenvalue weighted by Gasteiger charge is -2.08. The van der Waals surface area contributed by atoms with Gasteiger partial charge in [-0.2, -0.15) is 0 Å². The molecule has 0 aromatic carbocycles. The van der Waals surface area contributed by atoms with Gasteiger partial charge in [-0.1, -0.05) is 6.07 Å². The first-order chi connectivity index (χ1) is 8.08. The molecular weight excluding hydrogens is 234 g/mol. The van der Waals surface area contributed by atoms with Crippen LogP contribution in [0, 0.1) is 13.8 Å². The summed E-state index contributed by atoms with van der Waals surface area (Å²) in [5.74, 6) is 0.839. The number of pyridine rings is 1. The van der Waals surface area contributed by atoms with Crippen LogP contribution < -0.4 is 5.73 Å². The van der Waals surface area contributed by atoms with E-state index in [2.05, 4.69) is 9.97 Å². The van der Waals surface area contributed by atoms with Crippen molar-refractivity contribution in [2.45, 2.75) is 37.1 Å². The van der Waals surface area contributed by atoms with Crippen LogP contribution in [0.5, 0.6) is 0 Å². The summed E-state index contributed by atoms with van der Waals surface area (Å²) in [6.07, 6.45) is 1.75. The number of aromatic nitrogens is 2. The van der Waals surface area contributed by atoms with E-state index < -0.39 is 0 Å². The molecule has 0 saturated carbocycles. The zero-order valence-corrected chi connectivity index (χ0v) is 10.9. The van der Waals surface area contributed by atoms with Crippen LogP contribution in [-0.4, -0.2) is 9.97 Å². The molecule has 2 aromatic rings. The summed E-state index contributed by atoms with van der Waals surface area (Å²) >= 11 is 1.41. The quantitative estimate of drug-likeness (QED) is 0.906. The zero-order valence-electron chi connectivity index (χ0n) is 10.1. The van der Waals surface area contributed by atoms with E-state index in [9.17, 15) is 0 Å². The number of nitrogens with two attached hydrogens (primary N) is 1. The first-order valence-electron chi connectivity index (χ1n) is 5.40. The van der Waals surface area contributed by atoms with Gasteiger partial charge in [0.2, 0.25) is 0 Å². The van der Waals surface area contributed by atoms with Crippen LogP contribution in [-0.2, 0) is 0 Å². The van der Waals surface area contributed by atoms with Crippen LogP contribution in [0.3, 0.4) is 0 Å². The first kappa shape index (κ1) is 12.1. The summed E-state index contributed by atoms with van der Waals surface area (Å²) in [6.45, 7) is 5.76. The van der Waals surface area contributed by atoms with Crippen molar-refractivity contribution in [3.63, 3.8) is 0 Å². The highest BCUT2D eigenvalue weighted by Gasteiger charge is 2.13. The van der Waals surface area contributed by atoms with E-state index >= 15 is 0 Å². The lowest BCUT2D eigenvalue weighted by Crippen LogP contribution is -2.07. The highest BCUT2D eigenvalue weighted by Crippen LogP contribution is 2.31. The van der Waals surface area contributed by atoms with Crippen molar-refractivity contribution in [2.75, 3.05) is 0 Å². The predicted octanol–water partition coefficient (Wildman–Crippen LogP) is 2.86. The standard InChI is InChI=1S/C12H15N3OS/c1-7(13)10-5-4-6-14-11(10)17-12-15-8(2)9(3)16-12/h4-7H,13H2,1-3H3/t7-/m0/s1. The number of rotatable bonds is 3. The molecule has 0 fully saturated rings. The molecule has 5 heteroatoms. The Morgan fingerprint density at radius 2 is 2.18 bits per heavy atom. The third-order valence-electron chi connectivity index (χ3n) is 2.48. The van der Waals surface area contributed by atoms with Crippen molar-refractivity contribution < 1.29 is 4.42 Å². The lowest BCUT2D eigenvalue weighted by atomic mass is 10.2. The Morgan fingerprint density at radius 3 is 2.76 bits per heavy atom. The molecule has 4 nitrogen and oxygen atoms in total. The van der Waals surface area contributed by atoms with Crippen LogP contribution >= 0.6 is 11.8 Å². The Balaban J connectivity index is 2.29. The molecule has 0 bridgehead atoms. The summed E-state index contributed by atoms with van der Waals surface area (Å²) < 4.78 is 5.52. The molecule has 0 amide bonds. The fraction of sp³-hybridized carbons (Fsp3) is 0.333. The molecule has 0 aliphatic carbocycles. The van der Waals surface area contributed by atoms with E-state index in [0.717, 1.165) is 22.0 Å². The normalized spacial score (nSPS) is 12.7. The minimum atomic E-state index is -0.0524. The fourth-order valence-corrected chi connectivity index (χ4v) is 2.40. The van der Waals surface area contributed by atoms with Gasteiger partial charge >= 0.3 is 0 Å². The van der Waals surface area contributed by atoms with Gasteiger partial charge in [0.05, 0.1) is 5.69 Å². The third-order valence-corrected chi connectivity index (χ3v) is 3.37. The van der Waals surface area contributed by atoms with E-state index in [0.29, 0.717) is 5.22 Å². The van der Waals surface area contributed by atoms with Crippen molar-refractivity contribution in [3.05, 3.63) is 35.3 Å². The van der Waals surface area contributed by atoms with Crippen molar-refractivity contribution >= 4 is 11.8 Å². The van der Waals surface area contributed by atoms with Gasteiger partial charge in [0.15, 0.2) is 0 Å². The van der Waals surface area contributed by atoms with Crippen LogP contribution in [0.4, 0.5) is 0 Å². The Kier molecular flexibility index (Phi) is 3.49. The van der Waals surface area contributed by atoms with Gasteiger partial charge in [-0.05, 0) is 38.6 Å². The van der Waals surface area contributed by atoms with E-state index in [4.69, 9.17) is 10.2 Å². The van der Waals surface area contributed by atoms with Crippen molar-refractivity contribution in [2.24, 2.45) is 5.73 Å². The largest absolute Gasteiger partial charge is 0.436 e. The third kappa shape index (κ3) is 2.68. The molecule has 2 heterocycles. The molecule has 2 rings (SSSR count). The number of hydrogen-bond acceptors (Lipinski definition) is 5. The minimum absolute atomic E-state index is 0.0524. The van der Waals surface area contributed by atoms with Gasteiger partial charge < -0.3 is 10.2 Å². The van der Waals surface area contributed by atoms with Gasteiger partial charge in [0, 0.05) is 17.8 Å². The summed E-state index contributed by atoms with van der Waals surface area (Å²) in [4.78, 5) is 8.64. The number of aryl methyl sites for hydroxylation is 2. The molecule has 90 valence electrons. The average molecular weight is 249 g/mol. The molecule has 2 N–H and O–H groups in total. The van der Waals surface area contributed by atoms with E-state index in [1.54, 1.807) is 6.20 Å². The summed E-state index contributed by atoms with van der Waals surface area (Å²) in [5.41, 5.74) is 7.81. The SMILES string of the molecule is Cc1nc(Sc2ncccc2[C@H](C)N)oc1C. The molecule has 0 aliphatic heterocycles. The van der Waals surface area contributed by atoms with Crippen molar-refractivity contribution in [1.82, 2.24) is 9.97 Å². The van der Waals surface area contributed by atoms with Crippen molar-refractivity contribution in [1.29, 1.82) is 0 Å². The van der Waals surface area contributed by atoms with Crippen LogP contribution in [0.1, 0.15) is 30.0 Å². The minimum Gasteiger partial charge on any atom is -0.436 e. The second-order valence-corrected chi connectivity index (χ2v) is 4.85. The smallest absolute Gasteiger partial charge is 0.262 e.